The first-order valence-electron chi connectivity index (χ1n) is 5.72. The Labute approximate surface area is 116 Å². The molecule has 0 N–H and O–H groups in total. The third-order valence-corrected chi connectivity index (χ3v) is 4.06. The molecule has 0 heterocycles. The van der Waals surface area contributed by atoms with Crippen LogP contribution in [0.5, 0.6) is 0 Å². The minimum Gasteiger partial charge on any atom is -0.258 e. The zero-order valence-electron chi connectivity index (χ0n) is 10.3. The van der Waals surface area contributed by atoms with Crippen molar-refractivity contribution in [3.63, 3.8) is 0 Å². The lowest BCUT2D eigenvalue weighted by atomic mass is 10.2. The van der Waals surface area contributed by atoms with E-state index in [0.29, 0.717) is 0 Å². The second kappa shape index (κ2) is 5.66. The monoisotopic (exact) mass is 289 g/mol. The standard InChI is InChI=1S/C14H11NO4S/c16-15(17)14-9-5-4-6-12(14)10-11-20(18,19)13-7-2-1-3-8-13/h1-11H. The predicted octanol–water partition coefficient (Wildman–Crippen LogP) is 3.04. The third-order valence-electron chi connectivity index (χ3n) is 2.63. The molecule has 0 aliphatic heterocycles. The van der Waals surface area contributed by atoms with Crippen LogP contribution in [0.4, 0.5) is 5.69 Å². The van der Waals surface area contributed by atoms with Crippen molar-refractivity contribution in [1.29, 1.82) is 0 Å². The van der Waals surface area contributed by atoms with Crippen molar-refractivity contribution in [2.45, 2.75) is 4.90 Å². The Morgan fingerprint density at radius 1 is 0.950 bits per heavy atom. The van der Waals surface area contributed by atoms with Crippen LogP contribution in [0, 0.1) is 10.1 Å². The molecule has 6 heteroatoms. The second-order valence-electron chi connectivity index (χ2n) is 3.98. The van der Waals surface area contributed by atoms with Crippen molar-refractivity contribution in [1.82, 2.24) is 0 Å². The highest BCUT2D eigenvalue weighted by Crippen LogP contribution is 2.20. The van der Waals surface area contributed by atoms with E-state index in [-0.39, 0.29) is 16.1 Å². The molecule has 0 unspecified atom stereocenters. The first kappa shape index (κ1) is 14.0. The van der Waals surface area contributed by atoms with Gasteiger partial charge in [0.25, 0.3) is 5.69 Å². The fraction of sp³-hybridized carbons (Fsp3) is 0. The molecule has 20 heavy (non-hydrogen) atoms. The topological polar surface area (TPSA) is 77.3 Å². The van der Waals surface area contributed by atoms with Crippen molar-refractivity contribution in [3.05, 3.63) is 75.7 Å². The highest BCUT2D eigenvalue weighted by Gasteiger charge is 2.12. The Balaban J connectivity index is 2.38. The van der Waals surface area contributed by atoms with E-state index < -0.39 is 14.8 Å². The lowest BCUT2D eigenvalue weighted by Crippen LogP contribution is -1.96. The number of rotatable bonds is 4. The normalized spacial score (nSPS) is 11.6. The van der Waals surface area contributed by atoms with Crippen molar-refractivity contribution in [2.24, 2.45) is 0 Å². The second-order valence-corrected chi connectivity index (χ2v) is 5.81. The van der Waals surface area contributed by atoms with E-state index in [0.717, 1.165) is 5.41 Å². The van der Waals surface area contributed by atoms with Gasteiger partial charge in [-0.25, -0.2) is 8.42 Å². The molecule has 0 amide bonds. The van der Waals surface area contributed by atoms with Gasteiger partial charge in [-0.2, -0.15) is 0 Å². The molecule has 2 aromatic rings. The van der Waals surface area contributed by atoms with Crippen LogP contribution >= 0.6 is 0 Å². The van der Waals surface area contributed by atoms with E-state index in [2.05, 4.69) is 0 Å². The maximum absolute atomic E-state index is 12.0. The smallest absolute Gasteiger partial charge is 0.258 e. The molecule has 5 nitrogen and oxygen atoms in total. The summed E-state index contributed by atoms with van der Waals surface area (Å²) in [6, 6.07) is 13.9. The number of sulfone groups is 1. The molecule has 0 saturated heterocycles. The van der Waals surface area contributed by atoms with Gasteiger partial charge in [0, 0.05) is 11.5 Å². The highest BCUT2D eigenvalue weighted by atomic mass is 32.2. The van der Waals surface area contributed by atoms with Gasteiger partial charge in [-0.15, -0.1) is 0 Å². The Bertz CT molecular complexity index is 752. The summed E-state index contributed by atoms with van der Waals surface area (Å²) in [7, 11) is -3.60. The number of para-hydroxylation sites is 1. The lowest BCUT2D eigenvalue weighted by molar-refractivity contribution is -0.385. The Morgan fingerprint density at radius 3 is 2.20 bits per heavy atom. The first-order chi connectivity index (χ1) is 9.50. The van der Waals surface area contributed by atoms with Crippen LogP contribution in [0.2, 0.25) is 0 Å². The van der Waals surface area contributed by atoms with Gasteiger partial charge >= 0.3 is 0 Å². The number of hydrogen-bond acceptors (Lipinski definition) is 4. The molecule has 0 saturated carbocycles. The van der Waals surface area contributed by atoms with Crippen molar-refractivity contribution >= 4 is 21.6 Å². The van der Waals surface area contributed by atoms with Gasteiger partial charge in [-0.1, -0.05) is 30.3 Å². The maximum Gasteiger partial charge on any atom is 0.276 e. The van der Waals surface area contributed by atoms with Gasteiger partial charge in [0.15, 0.2) is 9.84 Å². The Kier molecular flexibility index (Phi) is 3.95. The summed E-state index contributed by atoms with van der Waals surface area (Å²) in [5.41, 5.74) is 0.115. The number of benzene rings is 2. The summed E-state index contributed by atoms with van der Waals surface area (Å²) >= 11 is 0. The zero-order valence-corrected chi connectivity index (χ0v) is 11.2. The Morgan fingerprint density at radius 2 is 1.55 bits per heavy atom. The Hall–Kier alpha value is -2.47. The van der Waals surface area contributed by atoms with Gasteiger partial charge < -0.3 is 0 Å². The van der Waals surface area contributed by atoms with Crippen LogP contribution in [0.15, 0.2) is 64.9 Å². The molecule has 102 valence electrons. The average Bonchev–Trinajstić information content (AvgIpc) is 2.46. The minimum absolute atomic E-state index is 0.132. The zero-order chi connectivity index (χ0) is 14.6. The fourth-order valence-corrected chi connectivity index (χ4v) is 2.67. The summed E-state index contributed by atoms with van der Waals surface area (Å²) in [5, 5.41) is 11.8. The van der Waals surface area contributed by atoms with Crippen LogP contribution in [-0.2, 0) is 9.84 Å². The third kappa shape index (κ3) is 3.10. The lowest BCUT2D eigenvalue weighted by Gasteiger charge is -1.99. The number of hydrogen-bond donors (Lipinski definition) is 0. The molecule has 0 aromatic heterocycles. The van der Waals surface area contributed by atoms with Gasteiger partial charge in [0.1, 0.15) is 0 Å². The molecule has 0 radical (unpaired) electrons. The minimum atomic E-state index is -3.60. The number of nitro groups is 1. The molecule has 0 spiro atoms. The first-order valence-corrected chi connectivity index (χ1v) is 7.27. The van der Waals surface area contributed by atoms with Crippen LogP contribution < -0.4 is 0 Å². The fourth-order valence-electron chi connectivity index (χ4n) is 1.65. The van der Waals surface area contributed by atoms with Crippen LogP contribution in [0.3, 0.4) is 0 Å². The summed E-state index contributed by atoms with van der Waals surface area (Å²) < 4.78 is 24.1. The van der Waals surface area contributed by atoms with Crippen LogP contribution in [0.25, 0.3) is 6.08 Å². The van der Waals surface area contributed by atoms with E-state index in [1.165, 1.54) is 36.4 Å². The molecule has 2 rings (SSSR count). The van der Waals surface area contributed by atoms with E-state index >= 15 is 0 Å². The van der Waals surface area contributed by atoms with E-state index in [4.69, 9.17) is 0 Å². The molecule has 0 atom stereocenters. The van der Waals surface area contributed by atoms with Crippen molar-refractivity contribution in [2.75, 3.05) is 0 Å². The molecule has 2 aromatic carbocycles. The van der Waals surface area contributed by atoms with Gasteiger partial charge in [0.2, 0.25) is 0 Å². The van der Waals surface area contributed by atoms with E-state index in [1.54, 1.807) is 24.3 Å². The number of nitro benzene ring substituents is 1. The van der Waals surface area contributed by atoms with E-state index in [9.17, 15) is 18.5 Å². The van der Waals surface area contributed by atoms with Gasteiger partial charge in [-0.3, -0.25) is 10.1 Å². The van der Waals surface area contributed by atoms with Crippen molar-refractivity contribution < 1.29 is 13.3 Å². The van der Waals surface area contributed by atoms with Gasteiger partial charge in [-0.05, 0) is 24.3 Å². The SMILES string of the molecule is O=[N+]([O-])c1ccccc1C=CS(=O)(=O)c1ccccc1. The molecular weight excluding hydrogens is 278 g/mol. The molecular formula is C14H11NO4S. The summed E-state index contributed by atoms with van der Waals surface area (Å²) in [5.74, 6) is 0. The summed E-state index contributed by atoms with van der Waals surface area (Å²) in [6.07, 6.45) is 1.24. The maximum atomic E-state index is 12.0. The average molecular weight is 289 g/mol. The molecule has 0 aliphatic carbocycles. The largest absolute Gasteiger partial charge is 0.276 e. The number of nitrogens with zero attached hydrogens (tertiary/aromatic N) is 1. The van der Waals surface area contributed by atoms with Crippen LogP contribution in [-0.4, -0.2) is 13.3 Å². The molecule has 0 bridgehead atoms. The van der Waals surface area contributed by atoms with Gasteiger partial charge in [0.05, 0.1) is 15.4 Å². The van der Waals surface area contributed by atoms with E-state index in [1.807, 2.05) is 0 Å². The quantitative estimate of drug-likeness (QED) is 0.640. The predicted molar refractivity (Wildman–Crippen MR) is 75.8 cm³/mol. The molecule has 0 fully saturated rings. The van der Waals surface area contributed by atoms with Crippen molar-refractivity contribution in [3.8, 4) is 0 Å². The van der Waals surface area contributed by atoms with Crippen LogP contribution in [0.1, 0.15) is 5.56 Å². The molecule has 0 aliphatic rings. The summed E-state index contributed by atoms with van der Waals surface area (Å²) in [6.45, 7) is 0. The highest BCUT2D eigenvalue weighted by molar-refractivity contribution is 7.94. The summed E-state index contributed by atoms with van der Waals surface area (Å²) in [4.78, 5) is 10.4.